The average molecular weight is 569 g/mol. The molecule has 0 amide bonds. The van der Waals surface area contributed by atoms with Gasteiger partial charge in [0.15, 0.2) is 0 Å². The minimum Gasteiger partial charge on any atom is -0.166 e. The van der Waals surface area contributed by atoms with Crippen LogP contribution in [0.4, 0.5) is 26.3 Å². The fraction of sp³-hybridized carbons (Fsp3) is 0.0556. The van der Waals surface area contributed by atoms with E-state index >= 15 is 0 Å². The molecule has 0 saturated heterocycles. The van der Waals surface area contributed by atoms with Crippen LogP contribution in [0.1, 0.15) is 33.4 Å². The van der Waals surface area contributed by atoms with Crippen molar-refractivity contribution < 1.29 is 26.3 Å². The molecule has 0 radical (unpaired) electrons. The first-order valence-corrected chi connectivity index (χ1v) is 13.2. The van der Waals surface area contributed by atoms with Gasteiger partial charge in [-0.15, -0.1) is 0 Å². The largest absolute Gasteiger partial charge is 0.416 e. The van der Waals surface area contributed by atoms with Crippen LogP contribution >= 0.6 is 0 Å². The Hall–Kier alpha value is -4.84. The van der Waals surface area contributed by atoms with E-state index in [0.717, 1.165) is 67.7 Å². The number of alkyl halides is 6. The van der Waals surface area contributed by atoms with Gasteiger partial charge in [0, 0.05) is 0 Å². The Labute approximate surface area is 237 Å². The van der Waals surface area contributed by atoms with E-state index in [0.29, 0.717) is 11.1 Å². The summed E-state index contributed by atoms with van der Waals surface area (Å²) in [7, 11) is 0. The van der Waals surface area contributed by atoms with Crippen molar-refractivity contribution in [3.05, 3.63) is 143 Å². The first kappa shape index (κ1) is 27.3. The molecule has 0 nitrogen and oxygen atoms in total. The second kappa shape index (κ2) is 10.5. The van der Waals surface area contributed by atoms with E-state index in [1.807, 2.05) is 60.7 Å². The standard InChI is InChI=1S/C36H22F6/c37-35(38,39)27-17-11-23(12-18-27)9-15-25-21-34-32-8-4-2-6-30(32)26(22-33(34)31-7-3-1-5-29(25)31)16-10-24-13-19-28(20-14-24)36(40,41)42/h1-22H. The van der Waals surface area contributed by atoms with Crippen LogP contribution in [0.2, 0.25) is 0 Å². The average Bonchev–Trinajstić information content (AvgIpc) is 2.98. The summed E-state index contributed by atoms with van der Waals surface area (Å²) in [6, 6.07) is 30.2. The van der Waals surface area contributed by atoms with Crippen molar-refractivity contribution >= 4 is 56.6 Å². The third-order valence-electron chi connectivity index (χ3n) is 7.33. The summed E-state index contributed by atoms with van der Waals surface area (Å²) in [4.78, 5) is 0. The van der Waals surface area contributed by atoms with Gasteiger partial charge in [0.2, 0.25) is 0 Å². The van der Waals surface area contributed by atoms with Gasteiger partial charge in [-0.1, -0.05) is 97.1 Å². The van der Waals surface area contributed by atoms with Gasteiger partial charge >= 0.3 is 12.4 Å². The van der Waals surface area contributed by atoms with Gasteiger partial charge in [-0.25, -0.2) is 0 Å². The van der Waals surface area contributed by atoms with Crippen molar-refractivity contribution in [2.24, 2.45) is 0 Å². The van der Waals surface area contributed by atoms with Crippen LogP contribution < -0.4 is 0 Å². The second-order valence-electron chi connectivity index (χ2n) is 10.0. The summed E-state index contributed by atoms with van der Waals surface area (Å²) in [6.07, 6.45) is -1.34. The molecule has 0 N–H and O–H groups in total. The molecule has 6 heteroatoms. The summed E-state index contributed by atoms with van der Waals surface area (Å²) in [6.45, 7) is 0. The first-order valence-electron chi connectivity index (χ1n) is 13.2. The number of hydrogen-bond acceptors (Lipinski definition) is 0. The first-order chi connectivity index (χ1) is 20.1. The van der Waals surface area contributed by atoms with Crippen LogP contribution in [0.15, 0.2) is 109 Å². The summed E-state index contributed by atoms with van der Waals surface area (Å²) in [5.41, 5.74) is 1.78. The van der Waals surface area contributed by atoms with Crippen molar-refractivity contribution in [3.63, 3.8) is 0 Å². The maximum Gasteiger partial charge on any atom is 0.416 e. The fourth-order valence-electron chi connectivity index (χ4n) is 5.22. The summed E-state index contributed by atoms with van der Waals surface area (Å²) in [5.74, 6) is 0. The highest BCUT2D eigenvalue weighted by Gasteiger charge is 2.30. The van der Waals surface area contributed by atoms with Crippen molar-refractivity contribution in [2.45, 2.75) is 12.4 Å². The Morgan fingerprint density at radius 2 is 0.690 bits per heavy atom. The highest BCUT2D eigenvalue weighted by atomic mass is 19.4. The molecule has 0 aliphatic heterocycles. The van der Waals surface area contributed by atoms with Crippen LogP contribution in [-0.2, 0) is 12.4 Å². The summed E-state index contributed by atoms with van der Waals surface area (Å²) < 4.78 is 77.9. The molecular formula is C36H22F6. The molecule has 6 rings (SSSR count). The van der Waals surface area contributed by atoms with E-state index in [2.05, 4.69) is 12.1 Å². The van der Waals surface area contributed by atoms with Crippen LogP contribution in [0.5, 0.6) is 0 Å². The molecule has 42 heavy (non-hydrogen) atoms. The minimum absolute atomic E-state index is 0.654. The van der Waals surface area contributed by atoms with Crippen molar-refractivity contribution in [1.29, 1.82) is 0 Å². The van der Waals surface area contributed by atoms with Crippen LogP contribution in [0, 0.1) is 0 Å². The molecule has 208 valence electrons. The molecule has 0 aliphatic rings. The number of hydrogen-bond donors (Lipinski definition) is 0. The van der Waals surface area contributed by atoms with Gasteiger partial charge in [0.25, 0.3) is 0 Å². The molecule has 0 spiro atoms. The van der Waals surface area contributed by atoms with E-state index in [9.17, 15) is 26.3 Å². The summed E-state index contributed by atoms with van der Waals surface area (Å²) in [5, 5.41) is 6.03. The molecule has 6 aromatic carbocycles. The zero-order valence-electron chi connectivity index (χ0n) is 22.0. The lowest BCUT2D eigenvalue weighted by molar-refractivity contribution is -0.138. The number of rotatable bonds is 4. The lowest BCUT2D eigenvalue weighted by atomic mass is 9.91. The molecule has 0 heterocycles. The monoisotopic (exact) mass is 568 g/mol. The molecule has 0 aromatic heterocycles. The third-order valence-corrected chi connectivity index (χ3v) is 7.33. The van der Waals surface area contributed by atoms with Crippen LogP contribution in [0.3, 0.4) is 0 Å². The van der Waals surface area contributed by atoms with Gasteiger partial charge in [-0.05, 0) is 91.0 Å². The zero-order chi connectivity index (χ0) is 29.5. The van der Waals surface area contributed by atoms with Gasteiger partial charge < -0.3 is 0 Å². The number of halogens is 6. The van der Waals surface area contributed by atoms with Crippen LogP contribution in [0.25, 0.3) is 56.6 Å². The molecule has 0 saturated carbocycles. The highest BCUT2D eigenvalue weighted by Crippen LogP contribution is 2.37. The zero-order valence-corrected chi connectivity index (χ0v) is 22.0. The predicted octanol–water partition coefficient (Wildman–Crippen LogP) is 11.5. The van der Waals surface area contributed by atoms with Crippen molar-refractivity contribution in [3.8, 4) is 0 Å². The van der Waals surface area contributed by atoms with E-state index in [-0.39, 0.29) is 0 Å². The van der Waals surface area contributed by atoms with Crippen molar-refractivity contribution in [1.82, 2.24) is 0 Å². The molecule has 0 unspecified atom stereocenters. The second-order valence-corrected chi connectivity index (χ2v) is 10.0. The Kier molecular flexibility index (Phi) is 6.85. The lowest BCUT2D eigenvalue weighted by Crippen LogP contribution is -2.03. The number of fused-ring (bicyclic) bond motifs is 5. The van der Waals surface area contributed by atoms with Crippen LogP contribution in [-0.4, -0.2) is 0 Å². The molecule has 0 bridgehead atoms. The lowest BCUT2D eigenvalue weighted by Gasteiger charge is -2.13. The normalized spacial score (nSPS) is 12.8. The van der Waals surface area contributed by atoms with E-state index in [4.69, 9.17) is 0 Å². The Morgan fingerprint density at radius 3 is 1.02 bits per heavy atom. The Bertz CT molecular complexity index is 1830. The molecule has 6 aromatic rings. The number of benzene rings is 6. The third kappa shape index (κ3) is 5.40. The van der Waals surface area contributed by atoms with E-state index < -0.39 is 23.5 Å². The minimum atomic E-state index is -4.39. The Balaban J connectivity index is 1.46. The maximum atomic E-state index is 13.0. The summed E-state index contributed by atoms with van der Waals surface area (Å²) >= 11 is 0. The molecule has 0 fully saturated rings. The van der Waals surface area contributed by atoms with Gasteiger partial charge in [-0.3, -0.25) is 0 Å². The quantitative estimate of drug-likeness (QED) is 0.113. The molecular weight excluding hydrogens is 546 g/mol. The topological polar surface area (TPSA) is 0 Å². The molecule has 0 atom stereocenters. The smallest absolute Gasteiger partial charge is 0.166 e. The fourth-order valence-corrected chi connectivity index (χ4v) is 5.22. The van der Waals surface area contributed by atoms with E-state index in [1.54, 1.807) is 12.2 Å². The van der Waals surface area contributed by atoms with Gasteiger partial charge in [0.05, 0.1) is 11.1 Å². The SMILES string of the molecule is FC(F)(F)c1ccc(C=Cc2cc3c4ccccc4c(C=Cc4ccc(C(F)(F)F)cc4)cc3c3ccccc23)cc1. The van der Waals surface area contributed by atoms with Gasteiger partial charge in [-0.2, -0.15) is 26.3 Å². The van der Waals surface area contributed by atoms with Crippen molar-refractivity contribution in [2.75, 3.05) is 0 Å². The highest BCUT2D eigenvalue weighted by molar-refractivity contribution is 6.21. The predicted molar refractivity (Wildman–Crippen MR) is 160 cm³/mol. The maximum absolute atomic E-state index is 13.0. The Morgan fingerprint density at radius 1 is 0.357 bits per heavy atom. The van der Waals surface area contributed by atoms with E-state index in [1.165, 1.54) is 24.3 Å². The van der Waals surface area contributed by atoms with Gasteiger partial charge in [0.1, 0.15) is 0 Å². The molecule has 0 aliphatic carbocycles.